The fourth-order valence-electron chi connectivity index (χ4n) is 1.90. The number of hydrogen-bond donors (Lipinski definition) is 4. The van der Waals surface area contributed by atoms with Crippen molar-refractivity contribution in [3.8, 4) is 11.5 Å². The lowest BCUT2D eigenvalue weighted by molar-refractivity contribution is 0.0843. The first-order valence-electron chi connectivity index (χ1n) is 6.73. The molecule has 22 heavy (non-hydrogen) atoms. The van der Waals surface area contributed by atoms with E-state index in [9.17, 15) is 19.8 Å². The smallest absolute Gasteiger partial charge is 0.273 e. The first-order chi connectivity index (χ1) is 10.5. The molecular weight excluding hydrogens is 284 g/mol. The Morgan fingerprint density at radius 1 is 0.909 bits per heavy atom. The van der Waals surface area contributed by atoms with Crippen LogP contribution >= 0.6 is 0 Å². The quantitative estimate of drug-likeness (QED) is 0.649. The Balaban J connectivity index is 2.07. The van der Waals surface area contributed by atoms with Crippen LogP contribution in [0.5, 0.6) is 11.5 Å². The summed E-state index contributed by atoms with van der Waals surface area (Å²) in [4.78, 5) is 23.9. The summed E-state index contributed by atoms with van der Waals surface area (Å²) in [6.07, 6.45) is 0.713. The molecule has 0 saturated carbocycles. The van der Waals surface area contributed by atoms with Crippen LogP contribution in [0.15, 0.2) is 42.5 Å². The van der Waals surface area contributed by atoms with Crippen LogP contribution in [0.1, 0.15) is 33.2 Å². The van der Waals surface area contributed by atoms with Crippen molar-refractivity contribution in [3.63, 3.8) is 0 Å². The normalized spacial score (nSPS) is 10.0. The van der Waals surface area contributed by atoms with E-state index in [2.05, 4.69) is 10.9 Å². The Kier molecular flexibility index (Phi) is 4.63. The number of nitrogens with one attached hydrogen (secondary N) is 2. The number of aromatic hydroxyl groups is 2. The number of benzene rings is 2. The van der Waals surface area contributed by atoms with Gasteiger partial charge in [0.15, 0.2) is 0 Å². The highest BCUT2D eigenvalue weighted by Crippen LogP contribution is 2.19. The van der Waals surface area contributed by atoms with Gasteiger partial charge in [0, 0.05) is 0 Å². The minimum Gasteiger partial charge on any atom is -0.507 e. The van der Waals surface area contributed by atoms with Crippen LogP contribution in [-0.4, -0.2) is 22.0 Å². The van der Waals surface area contributed by atoms with E-state index in [4.69, 9.17) is 0 Å². The molecule has 0 bridgehead atoms. The van der Waals surface area contributed by atoms with Gasteiger partial charge in [0.1, 0.15) is 11.5 Å². The third kappa shape index (κ3) is 3.35. The number of amides is 2. The van der Waals surface area contributed by atoms with E-state index < -0.39 is 11.8 Å². The number of phenols is 2. The summed E-state index contributed by atoms with van der Waals surface area (Å²) in [6, 6.07) is 10.7. The number of carbonyl (C=O) groups is 2. The molecule has 0 saturated heterocycles. The predicted molar refractivity (Wildman–Crippen MR) is 80.5 cm³/mol. The van der Waals surface area contributed by atoms with Crippen molar-refractivity contribution >= 4 is 11.8 Å². The maximum Gasteiger partial charge on any atom is 0.273 e. The largest absolute Gasteiger partial charge is 0.507 e. The van der Waals surface area contributed by atoms with E-state index in [1.54, 1.807) is 24.3 Å². The monoisotopic (exact) mass is 300 g/mol. The number of hydrogen-bond acceptors (Lipinski definition) is 4. The minimum absolute atomic E-state index is 0.0364. The highest BCUT2D eigenvalue weighted by Gasteiger charge is 2.14. The molecule has 0 aliphatic heterocycles. The SMILES string of the molecule is CCc1ccc(O)c(C(=O)NNC(=O)c2ccccc2O)c1. The summed E-state index contributed by atoms with van der Waals surface area (Å²) >= 11 is 0. The van der Waals surface area contributed by atoms with Crippen molar-refractivity contribution in [3.05, 3.63) is 59.2 Å². The molecule has 0 unspecified atom stereocenters. The first-order valence-corrected chi connectivity index (χ1v) is 6.73. The summed E-state index contributed by atoms with van der Waals surface area (Å²) in [5.74, 6) is -1.66. The van der Waals surface area contributed by atoms with Crippen LogP contribution in [0.25, 0.3) is 0 Å². The Labute approximate surface area is 127 Å². The molecule has 2 rings (SSSR count). The first kappa shape index (κ1) is 15.4. The zero-order chi connectivity index (χ0) is 16.1. The molecule has 0 spiro atoms. The summed E-state index contributed by atoms with van der Waals surface area (Å²) in [5, 5.41) is 19.3. The second-order valence-electron chi connectivity index (χ2n) is 4.63. The number of carbonyl (C=O) groups excluding carboxylic acids is 2. The van der Waals surface area contributed by atoms with E-state index in [0.717, 1.165) is 5.56 Å². The average Bonchev–Trinajstić information content (AvgIpc) is 2.53. The van der Waals surface area contributed by atoms with E-state index in [1.165, 1.54) is 18.2 Å². The van der Waals surface area contributed by atoms with E-state index >= 15 is 0 Å². The zero-order valence-electron chi connectivity index (χ0n) is 12.0. The van der Waals surface area contributed by atoms with E-state index in [1.807, 2.05) is 6.92 Å². The molecule has 0 heterocycles. The number of aryl methyl sites for hydroxylation is 1. The van der Waals surface area contributed by atoms with Gasteiger partial charge in [-0.2, -0.15) is 0 Å². The Hall–Kier alpha value is -3.02. The molecule has 2 aromatic carbocycles. The van der Waals surface area contributed by atoms with Gasteiger partial charge in [-0.1, -0.05) is 25.1 Å². The van der Waals surface area contributed by atoms with Crippen molar-refractivity contribution in [2.75, 3.05) is 0 Å². The van der Waals surface area contributed by atoms with Crippen LogP contribution in [0.3, 0.4) is 0 Å². The standard InChI is InChI=1S/C16H16N2O4/c1-2-10-7-8-14(20)12(9-10)16(22)18-17-15(21)11-5-3-4-6-13(11)19/h3-9,19-20H,2H2,1H3,(H,17,21)(H,18,22). The van der Waals surface area contributed by atoms with Crippen LogP contribution in [0.4, 0.5) is 0 Å². The third-order valence-electron chi connectivity index (χ3n) is 3.15. The molecule has 2 amide bonds. The maximum atomic E-state index is 12.0. The molecule has 2 aromatic rings. The molecule has 0 aliphatic rings. The van der Waals surface area contributed by atoms with Gasteiger partial charge >= 0.3 is 0 Å². The Morgan fingerprint density at radius 3 is 2.14 bits per heavy atom. The van der Waals surface area contributed by atoms with Crippen LogP contribution in [-0.2, 0) is 6.42 Å². The van der Waals surface area contributed by atoms with Gasteiger partial charge in [0.05, 0.1) is 11.1 Å². The number of phenolic OH excluding ortho intramolecular Hbond substituents is 2. The van der Waals surface area contributed by atoms with Gasteiger partial charge in [0.25, 0.3) is 11.8 Å². The lowest BCUT2D eigenvalue weighted by Gasteiger charge is -2.10. The molecule has 6 heteroatoms. The Bertz CT molecular complexity index is 713. The van der Waals surface area contributed by atoms with Crippen molar-refractivity contribution in [1.29, 1.82) is 0 Å². The van der Waals surface area contributed by atoms with Crippen molar-refractivity contribution in [1.82, 2.24) is 10.9 Å². The highest BCUT2D eigenvalue weighted by molar-refractivity contribution is 6.01. The van der Waals surface area contributed by atoms with Crippen molar-refractivity contribution in [2.24, 2.45) is 0 Å². The lowest BCUT2D eigenvalue weighted by atomic mass is 10.1. The highest BCUT2D eigenvalue weighted by atomic mass is 16.3. The second-order valence-corrected chi connectivity index (χ2v) is 4.63. The van der Waals surface area contributed by atoms with Gasteiger partial charge < -0.3 is 10.2 Å². The number of hydrazine groups is 1. The molecule has 0 atom stereocenters. The minimum atomic E-state index is -0.655. The summed E-state index contributed by atoms with van der Waals surface area (Å²) in [5.41, 5.74) is 5.39. The zero-order valence-corrected chi connectivity index (χ0v) is 12.0. The lowest BCUT2D eigenvalue weighted by Crippen LogP contribution is -2.41. The molecule has 0 aromatic heterocycles. The molecular formula is C16H16N2O4. The fraction of sp³-hybridized carbons (Fsp3) is 0.125. The van der Waals surface area contributed by atoms with Crippen LogP contribution in [0.2, 0.25) is 0 Å². The summed E-state index contributed by atoms with van der Waals surface area (Å²) in [6.45, 7) is 1.92. The molecule has 114 valence electrons. The predicted octanol–water partition coefficient (Wildman–Crippen LogP) is 1.73. The van der Waals surface area contributed by atoms with Gasteiger partial charge in [-0.25, -0.2) is 0 Å². The van der Waals surface area contributed by atoms with Crippen molar-refractivity contribution < 1.29 is 19.8 Å². The average molecular weight is 300 g/mol. The molecule has 0 radical (unpaired) electrons. The van der Waals surface area contributed by atoms with Gasteiger partial charge in [-0.15, -0.1) is 0 Å². The fourth-order valence-corrected chi connectivity index (χ4v) is 1.90. The van der Waals surface area contributed by atoms with Gasteiger partial charge in [0.2, 0.25) is 0 Å². The second kappa shape index (κ2) is 6.62. The molecule has 6 nitrogen and oxygen atoms in total. The summed E-state index contributed by atoms with van der Waals surface area (Å²) < 4.78 is 0. The molecule has 4 N–H and O–H groups in total. The number of para-hydroxylation sites is 1. The van der Waals surface area contributed by atoms with E-state index in [0.29, 0.717) is 6.42 Å². The van der Waals surface area contributed by atoms with E-state index in [-0.39, 0.29) is 22.6 Å². The maximum absolute atomic E-state index is 12.0. The molecule has 0 fully saturated rings. The van der Waals surface area contributed by atoms with Gasteiger partial charge in [-0.05, 0) is 36.2 Å². The van der Waals surface area contributed by atoms with Crippen LogP contribution in [0, 0.1) is 0 Å². The van der Waals surface area contributed by atoms with Gasteiger partial charge in [-0.3, -0.25) is 20.4 Å². The topological polar surface area (TPSA) is 98.7 Å². The number of rotatable bonds is 3. The summed E-state index contributed by atoms with van der Waals surface area (Å²) in [7, 11) is 0. The van der Waals surface area contributed by atoms with Crippen molar-refractivity contribution in [2.45, 2.75) is 13.3 Å². The Morgan fingerprint density at radius 2 is 1.50 bits per heavy atom. The third-order valence-corrected chi connectivity index (χ3v) is 3.15. The van der Waals surface area contributed by atoms with Crippen LogP contribution < -0.4 is 10.9 Å². The molecule has 0 aliphatic carbocycles.